The number of rotatable bonds is 0. The minimum absolute atomic E-state index is 0.991. The smallest absolute Gasteiger partial charge is 0.418 e. The van der Waals surface area contributed by atoms with E-state index in [2.05, 4.69) is 6.07 Å². The van der Waals surface area contributed by atoms with Crippen LogP contribution >= 0.6 is 11.3 Å². The standard InChI is InChI=1S/C8H7OS.BF4/c1-6-9-7-4-2-3-5-8(7)10-6;2-1(3,4)5/h2-5H,1H3;/q+1;-1. The minimum atomic E-state index is -6.00. The van der Waals surface area contributed by atoms with Gasteiger partial charge in [0.05, 0.1) is 6.92 Å². The van der Waals surface area contributed by atoms with Crippen LogP contribution in [0.4, 0.5) is 17.3 Å². The van der Waals surface area contributed by atoms with E-state index < -0.39 is 7.25 Å². The molecule has 2 aromatic rings. The zero-order chi connectivity index (χ0) is 11.5. The van der Waals surface area contributed by atoms with E-state index in [-0.39, 0.29) is 0 Å². The van der Waals surface area contributed by atoms with Gasteiger partial charge in [0.15, 0.2) is 0 Å². The molecule has 7 heteroatoms. The Labute approximate surface area is 87.4 Å². The van der Waals surface area contributed by atoms with Crippen molar-refractivity contribution in [1.29, 1.82) is 0 Å². The summed E-state index contributed by atoms with van der Waals surface area (Å²) >= 11 is 1.69. The maximum absolute atomic E-state index is 9.75. The third-order valence-electron chi connectivity index (χ3n) is 1.36. The highest BCUT2D eigenvalue weighted by Crippen LogP contribution is 2.23. The molecule has 2 rings (SSSR count). The van der Waals surface area contributed by atoms with E-state index in [1.807, 2.05) is 25.1 Å². The topological polar surface area (TPSA) is 11.3 Å². The van der Waals surface area contributed by atoms with Gasteiger partial charge in [-0.3, -0.25) is 0 Å². The molecule has 0 unspecified atom stereocenters. The summed E-state index contributed by atoms with van der Waals surface area (Å²) in [7, 11) is -6.00. The van der Waals surface area contributed by atoms with Crippen LogP contribution in [0.5, 0.6) is 0 Å². The summed E-state index contributed by atoms with van der Waals surface area (Å²) in [4.78, 5) is 0. The van der Waals surface area contributed by atoms with Gasteiger partial charge in [0.25, 0.3) is 0 Å². The molecule has 0 N–H and O–H groups in total. The molecule has 1 aromatic heterocycles. The summed E-state index contributed by atoms with van der Waals surface area (Å²) < 4.78 is 45.6. The Bertz CT molecular complexity index is 400. The summed E-state index contributed by atoms with van der Waals surface area (Å²) in [5.41, 5.74) is 0.991. The first kappa shape index (κ1) is 12.0. The van der Waals surface area contributed by atoms with Gasteiger partial charge in [-0.1, -0.05) is 12.1 Å². The third-order valence-corrected chi connectivity index (χ3v) is 2.28. The van der Waals surface area contributed by atoms with E-state index in [0.29, 0.717) is 0 Å². The highest BCUT2D eigenvalue weighted by Gasteiger charge is 2.20. The van der Waals surface area contributed by atoms with Crippen LogP contribution in [0.2, 0.25) is 0 Å². The van der Waals surface area contributed by atoms with Gasteiger partial charge in [-0.05, 0) is 17.4 Å². The summed E-state index contributed by atoms with van der Waals surface area (Å²) in [6.07, 6.45) is 0. The Morgan fingerprint density at radius 1 is 1.13 bits per heavy atom. The number of fused-ring (bicyclic) bond motifs is 1. The Balaban J connectivity index is 0.000000195. The molecular weight excluding hydrogens is 231 g/mol. The minimum Gasteiger partial charge on any atom is -0.418 e. The predicted octanol–water partition coefficient (Wildman–Crippen LogP) is 4.38. The Hall–Kier alpha value is -1.11. The van der Waals surface area contributed by atoms with Crippen LogP contribution in [0.25, 0.3) is 10.3 Å². The molecule has 0 saturated heterocycles. The molecule has 1 heterocycles. The van der Waals surface area contributed by atoms with Gasteiger partial charge in [0.1, 0.15) is 4.70 Å². The lowest BCUT2D eigenvalue weighted by molar-refractivity contribution is 0.368. The van der Waals surface area contributed by atoms with Crippen LogP contribution in [0.15, 0.2) is 28.7 Å². The van der Waals surface area contributed by atoms with E-state index in [0.717, 1.165) is 10.7 Å². The first-order valence-corrected chi connectivity index (χ1v) is 4.83. The summed E-state index contributed by atoms with van der Waals surface area (Å²) in [5, 5.41) is 1.02. The molecule has 1 aromatic carbocycles. The first-order valence-electron chi connectivity index (χ1n) is 4.02. The molecule has 0 aliphatic carbocycles. The zero-order valence-electron chi connectivity index (χ0n) is 7.72. The average molecular weight is 238 g/mol. The number of halogens is 4. The molecule has 0 saturated carbocycles. The Morgan fingerprint density at radius 2 is 1.67 bits per heavy atom. The van der Waals surface area contributed by atoms with Gasteiger partial charge < -0.3 is 17.3 Å². The fourth-order valence-electron chi connectivity index (χ4n) is 0.949. The molecule has 0 spiro atoms. The molecular formula is C8H7BF4OS. The molecule has 1 nitrogen and oxygen atoms in total. The second-order valence-corrected chi connectivity index (χ2v) is 3.86. The molecule has 15 heavy (non-hydrogen) atoms. The number of para-hydroxylation sites is 1. The zero-order valence-corrected chi connectivity index (χ0v) is 8.53. The molecule has 0 bridgehead atoms. The lowest BCUT2D eigenvalue weighted by Crippen LogP contribution is -2.02. The van der Waals surface area contributed by atoms with Gasteiger partial charge in [0, 0.05) is 6.07 Å². The molecule has 0 aliphatic rings. The summed E-state index contributed by atoms with van der Waals surface area (Å²) in [5.74, 6) is 0. The highest BCUT2D eigenvalue weighted by molar-refractivity contribution is 7.18. The third kappa shape index (κ3) is 4.78. The molecule has 0 aliphatic heterocycles. The van der Waals surface area contributed by atoms with Crippen LogP contribution in [-0.2, 0) is 0 Å². The van der Waals surface area contributed by atoms with Gasteiger partial charge >= 0.3 is 17.9 Å². The van der Waals surface area contributed by atoms with Crippen molar-refractivity contribution < 1.29 is 21.7 Å². The molecule has 0 amide bonds. The van der Waals surface area contributed by atoms with Gasteiger partial charge in [-0.2, -0.15) is 4.42 Å². The van der Waals surface area contributed by atoms with Crippen molar-refractivity contribution in [3.8, 4) is 0 Å². The number of hydrogen-bond donors (Lipinski definition) is 0. The van der Waals surface area contributed by atoms with E-state index in [4.69, 9.17) is 4.42 Å². The fourth-order valence-corrected chi connectivity index (χ4v) is 1.75. The SMILES string of the molecule is Cc1[o+]c2ccccc2s1.F[B-](F)(F)F. The van der Waals surface area contributed by atoms with Crippen molar-refractivity contribution >= 4 is 28.9 Å². The van der Waals surface area contributed by atoms with Crippen molar-refractivity contribution in [1.82, 2.24) is 0 Å². The van der Waals surface area contributed by atoms with Crippen molar-refractivity contribution in [3.05, 3.63) is 29.3 Å². The maximum Gasteiger partial charge on any atom is 0.673 e. The van der Waals surface area contributed by atoms with E-state index in [1.165, 1.54) is 4.70 Å². The fraction of sp³-hybridized carbons (Fsp3) is 0.125. The second-order valence-electron chi connectivity index (χ2n) is 2.64. The van der Waals surface area contributed by atoms with Crippen molar-refractivity contribution in [2.24, 2.45) is 0 Å². The van der Waals surface area contributed by atoms with Gasteiger partial charge in [-0.25, -0.2) is 0 Å². The monoisotopic (exact) mass is 238 g/mol. The van der Waals surface area contributed by atoms with Crippen molar-refractivity contribution in [2.75, 3.05) is 0 Å². The van der Waals surface area contributed by atoms with E-state index in [9.17, 15) is 17.3 Å². The lowest BCUT2D eigenvalue weighted by Gasteiger charge is -1.94. The van der Waals surface area contributed by atoms with Crippen molar-refractivity contribution in [3.63, 3.8) is 0 Å². The number of aryl methyl sites for hydroxylation is 1. The van der Waals surface area contributed by atoms with Crippen LogP contribution in [-0.4, -0.2) is 7.25 Å². The van der Waals surface area contributed by atoms with Gasteiger partial charge in [-0.15, -0.1) is 0 Å². The van der Waals surface area contributed by atoms with Crippen molar-refractivity contribution in [2.45, 2.75) is 6.92 Å². The molecule has 0 atom stereocenters. The quantitative estimate of drug-likeness (QED) is 0.376. The van der Waals surface area contributed by atoms with Crippen LogP contribution in [0.1, 0.15) is 5.07 Å². The summed E-state index contributed by atoms with van der Waals surface area (Å²) in [6.45, 7) is 1.98. The van der Waals surface area contributed by atoms with E-state index >= 15 is 0 Å². The Morgan fingerprint density at radius 3 is 2.20 bits per heavy atom. The largest absolute Gasteiger partial charge is 0.673 e. The maximum atomic E-state index is 9.75. The average Bonchev–Trinajstić information content (AvgIpc) is 2.40. The molecule has 0 fully saturated rings. The van der Waals surface area contributed by atoms with Crippen LogP contribution in [0, 0.1) is 6.92 Å². The number of benzene rings is 1. The highest BCUT2D eigenvalue weighted by atomic mass is 32.1. The van der Waals surface area contributed by atoms with Gasteiger partial charge in [0.2, 0.25) is 0 Å². The van der Waals surface area contributed by atoms with E-state index in [1.54, 1.807) is 11.3 Å². The number of hydrogen-bond acceptors (Lipinski definition) is 1. The predicted molar refractivity (Wildman–Crippen MR) is 53.4 cm³/mol. The normalized spacial score (nSPS) is 11.0. The van der Waals surface area contributed by atoms with Crippen LogP contribution in [0.3, 0.4) is 0 Å². The Kier molecular flexibility index (Phi) is 3.68. The first-order chi connectivity index (χ1) is 6.86. The molecule has 82 valence electrons. The second kappa shape index (κ2) is 4.61. The summed E-state index contributed by atoms with van der Waals surface area (Å²) in [6, 6.07) is 8.06. The molecule has 0 radical (unpaired) electrons. The van der Waals surface area contributed by atoms with Crippen LogP contribution < -0.4 is 0 Å². The lowest BCUT2D eigenvalue weighted by atomic mass is 10.3.